The van der Waals surface area contributed by atoms with Crippen LogP contribution in [0.25, 0.3) is 5.78 Å². The molecule has 0 bridgehead atoms. The van der Waals surface area contributed by atoms with Crippen molar-refractivity contribution in [3.05, 3.63) is 29.8 Å². The number of hydrogen-bond acceptors (Lipinski definition) is 4. The van der Waals surface area contributed by atoms with Gasteiger partial charge in [-0.1, -0.05) is 6.92 Å². The van der Waals surface area contributed by atoms with Gasteiger partial charge >= 0.3 is 6.18 Å². The molecule has 2 fully saturated rings. The summed E-state index contributed by atoms with van der Waals surface area (Å²) in [6, 6.07) is 0.730. The maximum absolute atomic E-state index is 13.5. The molecule has 6 nitrogen and oxygen atoms in total. The van der Waals surface area contributed by atoms with Crippen LogP contribution in [0.1, 0.15) is 75.3 Å². The third-order valence-corrected chi connectivity index (χ3v) is 6.76. The number of fused-ring (bicyclic) bond motifs is 1. The molecule has 3 N–H and O–H groups in total. The Kier molecular flexibility index (Phi) is 6.36. The summed E-state index contributed by atoms with van der Waals surface area (Å²) in [4.78, 5) is 21.3. The second-order valence-corrected chi connectivity index (χ2v) is 9.47. The largest absolute Gasteiger partial charge is 0.392 e. The second kappa shape index (κ2) is 8.81. The van der Waals surface area contributed by atoms with Gasteiger partial charge in [-0.15, -0.1) is 0 Å². The molecule has 2 aromatic heterocycles. The Labute approximate surface area is 188 Å². The summed E-state index contributed by atoms with van der Waals surface area (Å²) in [5, 5.41) is 2.72. The van der Waals surface area contributed by atoms with Gasteiger partial charge in [0.25, 0.3) is 0 Å². The van der Waals surface area contributed by atoms with Gasteiger partial charge in [-0.2, -0.15) is 13.2 Å². The Bertz CT molecular complexity index is 993. The maximum atomic E-state index is 13.5. The number of aromatic nitrogens is 3. The van der Waals surface area contributed by atoms with Gasteiger partial charge in [0.05, 0.1) is 29.4 Å². The van der Waals surface area contributed by atoms with Crippen molar-refractivity contribution in [3.8, 4) is 0 Å². The number of carbonyl (C=O) groups is 1. The van der Waals surface area contributed by atoms with E-state index in [1.54, 1.807) is 22.9 Å². The molecule has 2 heterocycles. The zero-order valence-corrected chi connectivity index (χ0v) is 18.3. The molecule has 1 amide bonds. The standard InChI is InChI=1S/C22H28F5N5O/c1-12(22(25,26)27)10-17(33)31-19(14-2-3-14)15-6-9-32-11-16(30-20(32)29-15)18(28)13-4-7-21(23,24)8-5-13/h6,9,11-14,18-19H,2-5,7-8,10,28H2,1H3,(H,31,33)/t12?,18?,19-/m1/s1. The molecule has 4 rings (SSSR count). The number of alkyl halides is 5. The van der Waals surface area contributed by atoms with E-state index in [4.69, 9.17) is 5.73 Å². The van der Waals surface area contributed by atoms with Crippen molar-refractivity contribution in [3.63, 3.8) is 0 Å². The molecule has 182 valence electrons. The molecule has 2 aliphatic carbocycles. The maximum Gasteiger partial charge on any atom is 0.392 e. The summed E-state index contributed by atoms with van der Waals surface area (Å²) in [7, 11) is 0. The van der Waals surface area contributed by atoms with E-state index in [0.29, 0.717) is 30.0 Å². The number of nitrogens with zero attached hydrogens (tertiary/aromatic N) is 3. The van der Waals surface area contributed by atoms with Gasteiger partial charge in [0.15, 0.2) is 0 Å². The highest BCUT2D eigenvalue weighted by Crippen LogP contribution is 2.42. The summed E-state index contributed by atoms with van der Waals surface area (Å²) in [5.41, 5.74) is 7.41. The van der Waals surface area contributed by atoms with Crippen molar-refractivity contribution in [1.29, 1.82) is 0 Å². The van der Waals surface area contributed by atoms with Crippen molar-refractivity contribution >= 4 is 11.7 Å². The van der Waals surface area contributed by atoms with E-state index >= 15 is 0 Å². The van der Waals surface area contributed by atoms with Crippen LogP contribution in [0.3, 0.4) is 0 Å². The fourth-order valence-electron chi connectivity index (χ4n) is 4.39. The molecule has 2 unspecified atom stereocenters. The Morgan fingerprint density at radius 3 is 2.42 bits per heavy atom. The predicted octanol–water partition coefficient (Wildman–Crippen LogP) is 4.71. The minimum absolute atomic E-state index is 0.0943. The van der Waals surface area contributed by atoms with Crippen LogP contribution in [0.15, 0.2) is 18.5 Å². The molecule has 0 aromatic carbocycles. The summed E-state index contributed by atoms with van der Waals surface area (Å²) < 4.78 is 67.0. The molecule has 33 heavy (non-hydrogen) atoms. The minimum atomic E-state index is -4.43. The fraction of sp³-hybridized carbons (Fsp3) is 0.682. The van der Waals surface area contributed by atoms with Gasteiger partial charge in [-0.3, -0.25) is 9.20 Å². The van der Waals surface area contributed by atoms with Gasteiger partial charge in [-0.25, -0.2) is 18.7 Å². The van der Waals surface area contributed by atoms with E-state index in [2.05, 4.69) is 15.3 Å². The summed E-state index contributed by atoms with van der Waals surface area (Å²) in [6.45, 7) is 0.985. The SMILES string of the molecule is CC(CC(=O)N[C@@H](c1ccn2cc(C(N)C3CCC(F)(F)CC3)nc2n1)C1CC1)C(F)(F)F. The number of halogens is 5. The zero-order valence-electron chi connectivity index (χ0n) is 18.3. The lowest BCUT2D eigenvalue weighted by Crippen LogP contribution is -2.34. The van der Waals surface area contributed by atoms with E-state index < -0.39 is 42.4 Å². The molecule has 11 heteroatoms. The summed E-state index contributed by atoms with van der Waals surface area (Å²) in [6.07, 6.45) is 0.357. The monoisotopic (exact) mass is 473 g/mol. The molecule has 0 aliphatic heterocycles. The van der Waals surface area contributed by atoms with Gasteiger partial charge in [0.1, 0.15) is 0 Å². The molecule has 2 aliphatic rings. The van der Waals surface area contributed by atoms with Gasteiger partial charge in [0, 0.05) is 31.7 Å². The summed E-state index contributed by atoms with van der Waals surface area (Å²) in [5.74, 6) is -4.66. The number of carbonyl (C=O) groups excluding carboxylic acids is 1. The van der Waals surface area contributed by atoms with Crippen LogP contribution in [0.2, 0.25) is 0 Å². The van der Waals surface area contributed by atoms with Crippen LogP contribution in [-0.2, 0) is 4.79 Å². The highest BCUT2D eigenvalue weighted by molar-refractivity contribution is 5.76. The first-order chi connectivity index (χ1) is 15.4. The van der Waals surface area contributed by atoms with Crippen LogP contribution < -0.4 is 11.1 Å². The van der Waals surface area contributed by atoms with Crippen LogP contribution in [-0.4, -0.2) is 32.4 Å². The van der Waals surface area contributed by atoms with Gasteiger partial charge in [-0.05, 0) is 43.6 Å². The molecule has 0 radical (unpaired) electrons. The van der Waals surface area contributed by atoms with E-state index in [1.165, 1.54) is 0 Å². The number of imidazole rings is 1. The summed E-state index contributed by atoms with van der Waals surface area (Å²) >= 11 is 0. The molecule has 2 aromatic rings. The van der Waals surface area contributed by atoms with Crippen molar-refractivity contribution in [2.24, 2.45) is 23.5 Å². The lowest BCUT2D eigenvalue weighted by molar-refractivity contribution is -0.174. The first-order valence-corrected chi connectivity index (χ1v) is 11.3. The van der Waals surface area contributed by atoms with Crippen LogP contribution in [0, 0.1) is 17.8 Å². The highest BCUT2D eigenvalue weighted by Gasteiger charge is 2.40. The molecular weight excluding hydrogens is 445 g/mol. The lowest BCUT2D eigenvalue weighted by atomic mass is 9.81. The third-order valence-electron chi connectivity index (χ3n) is 6.76. The molecule has 3 atom stereocenters. The number of rotatable bonds is 7. The Morgan fingerprint density at radius 2 is 1.82 bits per heavy atom. The first-order valence-electron chi connectivity index (χ1n) is 11.3. The normalized spacial score (nSPS) is 22.2. The number of nitrogens with one attached hydrogen (secondary N) is 1. The Morgan fingerprint density at radius 1 is 1.18 bits per heavy atom. The fourth-order valence-corrected chi connectivity index (χ4v) is 4.39. The smallest absolute Gasteiger partial charge is 0.347 e. The number of nitrogens with two attached hydrogens (primary N) is 1. The lowest BCUT2D eigenvalue weighted by Gasteiger charge is -2.31. The van der Waals surface area contributed by atoms with Crippen LogP contribution in [0.4, 0.5) is 22.0 Å². The number of hydrogen-bond donors (Lipinski definition) is 2. The van der Waals surface area contributed by atoms with Crippen LogP contribution >= 0.6 is 0 Å². The van der Waals surface area contributed by atoms with Crippen LogP contribution in [0.5, 0.6) is 0 Å². The number of amides is 1. The van der Waals surface area contributed by atoms with Gasteiger partial charge < -0.3 is 11.1 Å². The molecule has 0 saturated heterocycles. The van der Waals surface area contributed by atoms with E-state index in [1.807, 2.05) is 0 Å². The first kappa shape index (κ1) is 23.8. The quantitative estimate of drug-likeness (QED) is 0.571. The predicted molar refractivity (Wildman–Crippen MR) is 110 cm³/mol. The Balaban J connectivity index is 1.48. The van der Waals surface area contributed by atoms with Gasteiger partial charge in [0.2, 0.25) is 17.6 Å². The molecule has 0 spiro atoms. The molecule has 2 saturated carbocycles. The average Bonchev–Trinajstić information content (AvgIpc) is 3.48. The zero-order chi connectivity index (χ0) is 24.0. The van der Waals surface area contributed by atoms with Crippen molar-refractivity contribution in [1.82, 2.24) is 19.7 Å². The highest BCUT2D eigenvalue weighted by atomic mass is 19.4. The Hall–Kier alpha value is -2.30. The van der Waals surface area contributed by atoms with Crippen molar-refractivity contribution < 1.29 is 26.7 Å². The van der Waals surface area contributed by atoms with E-state index in [9.17, 15) is 26.7 Å². The minimum Gasteiger partial charge on any atom is -0.347 e. The van der Waals surface area contributed by atoms with E-state index in [-0.39, 0.29) is 24.7 Å². The average molecular weight is 473 g/mol. The van der Waals surface area contributed by atoms with Crippen molar-refractivity contribution in [2.45, 2.75) is 76.1 Å². The third kappa shape index (κ3) is 5.62. The van der Waals surface area contributed by atoms with Crippen molar-refractivity contribution in [2.75, 3.05) is 0 Å². The molecular formula is C22H28F5N5O. The second-order valence-electron chi connectivity index (χ2n) is 9.47. The van der Waals surface area contributed by atoms with E-state index in [0.717, 1.165) is 19.8 Å². The topological polar surface area (TPSA) is 85.3 Å².